The van der Waals surface area contributed by atoms with Crippen molar-refractivity contribution in [1.82, 2.24) is 0 Å². The van der Waals surface area contributed by atoms with Gasteiger partial charge in [-0.25, -0.2) is 8.42 Å². The van der Waals surface area contributed by atoms with Gasteiger partial charge in [-0.05, 0) is 18.6 Å². The number of nitrogens with one attached hydrogen (secondary N) is 1. The Morgan fingerprint density at radius 2 is 1.81 bits per heavy atom. The molecule has 90 valence electrons. The molecule has 0 aliphatic rings. The Hall–Kier alpha value is -1.43. The van der Waals surface area contributed by atoms with Gasteiger partial charge in [0.2, 0.25) is 10.0 Å². The van der Waals surface area contributed by atoms with Gasteiger partial charge in [-0.1, -0.05) is 6.07 Å². The van der Waals surface area contributed by atoms with Gasteiger partial charge in [0, 0.05) is 0 Å². The molecule has 0 spiro atoms. The number of rotatable bonds is 4. The quantitative estimate of drug-likeness (QED) is 0.870. The summed E-state index contributed by atoms with van der Waals surface area (Å²) in [4.78, 5) is 0. The van der Waals surface area contributed by atoms with Gasteiger partial charge in [-0.3, -0.25) is 4.72 Å². The van der Waals surface area contributed by atoms with E-state index in [9.17, 15) is 8.42 Å². The fourth-order valence-electron chi connectivity index (χ4n) is 1.38. The lowest BCUT2D eigenvalue weighted by Gasteiger charge is -2.15. The number of methoxy groups -OCH3 is 2. The Kier molecular flexibility index (Phi) is 3.64. The van der Waals surface area contributed by atoms with Gasteiger partial charge >= 0.3 is 0 Å². The van der Waals surface area contributed by atoms with Crippen LogP contribution in [-0.4, -0.2) is 28.9 Å². The van der Waals surface area contributed by atoms with Crippen molar-refractivity contribution in [2.24, 2.45) is 0 Å². The van der Waals surface area contributed by atoms with E-state index in [1.807, 2.05) is 6.92 Å². The van der Waals surface area contributed by atoms with Crippen LogP contribution in [0.5, 0.6) is 11.5 Å². The summed E-state index contributed by atoms with van der Waals surface area (Å²) in [6.07, 6.45) is 1.08. The molecule has 1 rings (SSSR count). The third kappa shape index (κ3) is 2.79. The zero-order chi connectivity index (χ0) is 12.3. The molecule has 0 radical (unpaired) electrons. The van der Waals surface area contributed by atoms with Crippen molar-refractivity contribution >= 4 is 15.7 Å². The first kappa shape index (κ1) is 12.6. The maximum atomic E-state index is 11.2. The van der Waals surface area contributed by atoms with Crippen LogP contribution in [-0.2, 0) is 10.0 Å². The Morgan fingerprint density at radius 3 is 2.25 bits per heavy atom. The maximum Gasteiger partial charge on any atom is 0.230 e. The molecule has 0 saturated heterocycles. The third-order valence-electron chi connectivity index (χ3n) is 2.03. The monoisotopic (exact) mass is 245 g/mol. The second kappa shape index (κ2) is 4.61. The standard InChI is InChI=1S/C10H15NO4S/c1-7-5-6-8(14-2)9(10(7)15-3)11-16(4,12)13/h5-6,11H,1-4H3. The van der Waals surface area contributed by atoms with E-state index >= 15 is 0 Å². The van der Waals surface area contributed by atoms with Gasteiger partial charge in [0.05, 0.1) is 20.5 Å². The Labute approximate surface area is 95.4 Å². The number of aryl methyl sites for hydroxylation is 1. The summed E-state index contributed by atoms with van der Waals surface area (Å²) in [5.74, 6) is 0.887. The van der Waals surface area contributed by atoms with Crippen LogP contribution in [0.2, 0.25) is 0 Å². The first-order valence-electron chi connectivity index (χ1n) is 4.58. The van der Waals surface area contributed by atoms with Crippen LogP contribution in [0, 0.1) is 6.92 Å². The normalized spacial score (nSPS) is 11.0. The third-order valence-corrected chi connectivity index (χ3v) is 2.60. The second-order valence-electron chi connectivity index (χ2n) is 3.37. The number of hydrogen-bond donors (Lipinski definition) is 1. The zero-order valence-corrected chi connectivity index (χ0v) is 10.5. The predicted octanol–water partition coefficient (Wildman–Crippen LogP) is 1.38. The molecule has 0 heterocycles. The first-order chi connectivity index (χ1) is 7.39. The highest BCUT2D eigenvalue weighted by atomic mass is 32.2. The minimum atomic E-state index is -3.37. The van der Waals surface area contributed by atoms with Crippen molar-refractivity contribution in [1.29, 1.82) is 0 Å². The number of hydrogen-bond acceptors (Lipinski definition) is 4. The van der Waals surface area contributed by atoms with Crippen molar-refractivity contribution in [3.63, 3.8) is 0 Å². The van der Waals surface area contributed by atoms with E-state index in [0.717, 1.165) is 11.8 Å². The summed E-state index contributed by atoms with van der Waals surface area (Å²) in [5, 5.41) is 0. The molecule has 1 N–H and O–H groups in total. The van der Waals surface area contributed by atoms with Gasteiger partial charge in [0.15, 0.2) is 0 Å². The molecular formula is C10H15NO4S. The van der Waals surface area contributed by atoms with Gasteiger partial charge in [0.25, 0.3) is 0 Å². The van der Waals surface area contributed by atoms with Crippen LogP contribution in [0.15, 0.2) is 12.1 Å². The van der Waals surface area contributed by atoms with Crippen LogP contribution in [0.4, 0.5) is 5.69 Å². The number of sulfonamides is 1. The van der Waals surface area contributed by atoms with E-state index < -0.39 is 10.0 Å². The molecule has 0 bridgehead atoms. The summed E-state index contributed by atoms with van der Waals surface area (Å²) in [6, 6.07) is 3.48. The number of benzene rings is 1. The predicted molar refractivity (Wildman–Crippen MR) is 62.7 cm³/mol. The van der Waals surface area contributed by atoms with Gasteiger partial charge < -0.3 is 9.47 Å². The Balaban J connectivity index is 3.36. The molecule has 0 saturated carbocycles. The number of ether oxygens (including phenoxy) is 2. The van der Waals surface area contributed by atoms with Gasteiger partial charge in [-0.2, -0.15) is 0 Å². The first-order valence-corrected chi connectivity index (χ1v) is 6.47. The van der Waals surface area contributed by atoms with E-state index in [1.165, 1.54) is 14.2 Å². The average Bonchev–Trinajstić information content (AvgIpc) is 2.16. The van der Waals surface area contributed by atoms with E-state index in [2.05, 4.69) is 4.72 Å². The highest BCUT2D eigenvalue weighted by Crippen LogP contribution is 2.37. The lowest BCUT2D eigenvalue weighted by molar-refractivity contribution is 0.396. The molecule has 6 heteroatoms. The highest BCUT2D eigenvalue weighted by Gasteiger charge is 2.15. The topological polar surface area (TPSA) is 64.6 Å². The molecule has 0 aliphatic carbocycles. The molecule has 5 nitrogen and oxygen atoms in total. The van der Waals surface area contributed by atoms with Crippen molar-refractivity contribution < 1.29 is 17.9 Å². The SMILES string of the molecule is COc1ccc(C)c(OC)c1NS(C)(=O)=O. The Morgan fingerprint density at radius 1 is 1.19 bits per heavy atom. The molecule has 0 amide bonds. The minimum absolute atomic E-state index is 0.326. The van der Waals surface area contributed by atoms with Gasteiger partial charge in [-0.15, -0.1) is 0 Å². The molecule has 0 aliphatic heterocycles. The largest absolute Gasteiger partial charge is 0.494 e. The van der Waals surface area contributed by atoms with Crippen LogP contribution in [0.25, 0.3) is 0 Å². The Bertz CT molecular complexity index is 482. The minimum Gasteiger partial charge on any atom is -0.494 e. The summed E-state index contributed by atoms with van der Waals surface area (Å²) in [6.45, 7) is 1.83. The van der Waals surface area contributed by atoms with E-state index in [0.29, 0.717) is 17.2 Å². The molecule has 0 fully saturated rings. The van der Waals surface area contributed by atoms with Crippen LogP contribution < -0.4 is 14.2 Å². The molecule has 0 unspecified atom stereocenters. The van der Waals surface area contributed by atoms with E-state index in [-0.39, 0.29) is 0 Å². The summed E-state index contributed by atoms with van der Waals surface area (Å²) in [5.41, 5.74) is 1.15. The highest BCUT2D eigenvalue weighted by molar-refractivity contribution is 7.92. The van der Waals surface area contributed by atoms with E-state index in [1.54, 1.807) is 12.1 Å². The van der Waals surface area contributed by atoms with Crippen molar-refractivity contribution in [3.05, 3.63) is 17.7 Å². The smallest absolute Gasteiger partial charge is 0.230 e. The van der Waals surface area contributed by atoms with Crippen molar-refractivity contribution in [3.8, 4) is 11.5 Å². The number of anilines is 1. The van der Waals surface area contributed by atoms with Gasteiger partial charge in [0.1, 0.15) is 17.2 Å². The molecule has 0 aromatic heterocycles. The molecule has 16 heavy (non-hydrogen) atoms. The van der Waals surface area contributed by atoms with Crippen molar-refractivity contribution in [2.75, 3.05) is 25.2 Å². The second-order valence-corrected chi connectivity index (χ2v) is 5.12. The summed E-state index contributed by atoms with van der Waals surface area (Å²) < 4.78 is 35.1. The zero-order valence-electron chi connectivity index (χ0n) is 9.70. The van der Waals surface area contributed by atoms with Crippen LogP contribution in [0.3, 0.4) is 0 Å². The fraction of sp³-hybridized carbons (Fsp3) is 0.400. The molecule has 1 aromatic carbocycles. The molecular weight excluding hydrogens is 230 g/mol. The van der Waals surface area contributed by atoms with Crippen LogP contribution >= 0.6 is 0 Å². The van der Waals surface area contributed by atoms with Crippen molar-refractivity contribution in [2.45, 2.75) is 6.92 Å². The fourth-order valence-corrected chi connectivity index (χ4v) is 1.95. The summed E-state index contributed by atoms with van der Waals surface area (Å²) in [7, 11) is -0.418. The van der Waals surface area contributed by atoms with E-state index in [4.69, 9.17) is 9.47 Å². The molecule has 0 atom stereocenters. The van der Waals surface area contributed by atoms with Crippen LogP contribution in [0.1, 0.15) is 5.56 Å². The lowest BCUT2D eigenvalue weighted by atomic mass is 10.2. The average molecular weight is 245 g/mol. The lowest BCUT2D eigenvalue weighted by Crippen LogP contribution is -2.12. The maximum absolute atomic E-state index is 11.2. The summed E-state index contributed by atoms with van der Waals surface area (Å²) >= 11 is 0. The molecule has 1 aromatic rings.